The van der Waals surface area contributed by atoms with E-state index in [4.69, 9.17) is 10.6 Å². The third kappa shape index (κ3) is 5.02. The minimum absolute atomic E-state index is 0.327. The molecule has 0 aromatic heterocycles. The number of nitrogens with two attached hydrogens (primary N) is 1. The zero-order valence-electron chi connectivity index (χ0n) is 8.94. The van der Waals surface area contributed by atoms with E-state index in [0.717, 1.165) is 12.0 Å². The number of benzene rings is 1. The number of hydroxylamine groups is 1. The molecule has 82 valence electrons. The van der Waals surface area contributed by atoms with Crippen LogP contribution in [-0.4, -0.2) is 12.5 Å². The van der Waals surface area contributed by atoms with Crippen LogP contribution >= 0.6 is 0 Å². The van der Waals surface area contributed by atoms with E-state index in [1.807, 2.05) is 37.3 Å². The van der Waals surface area contributed by atoms with Crippen molar-refractivity contribution in [2.45, 2.75) is 20.0 Å². The van der Waals surface area contributed by atoms with Gasteiger partial charge in [0, 0.05) is 6.54 Å². The van der Waals surface area contributed by atoms with E-state index >= 15 is 0 Å². The van der Waals surface area contributed by atoms with Crippen LogP contribution in [0.15, 0.2) is 35.3 Å². The maximum Gasteiger partial charge on any atom is 0.213 e. The van der Waals surface area contributed by atoms with Gasteiger partial charge in [-0.15, -0.1) is 0 Å². The summed E-state index contributed by atoms with van der Waals surface area (Å²) in [6.07, 6.45) is 0.973. The molecule has 0 aliphatic rings. The molecule has 1 aromatic carbocycles. The molecule has 0 heterocycles. The average molecular weight is 207 g/mol. The second-order valence-electron chi connectivity index (χ2n) is 3.14. The SMILES string of the molecule is CCCN=C(N)NOCc1ccccc1. The fourth-order valence-corrected chi connectivity index (χ4v) is 1.03. The molecule has 0 saturated heterocycles. The Bertz CT molecular complexity index is 298. The highest BCUT2D eigenvalue weighted by atomic mass is 16.6. The molecule has 0 saturated carbocycles. The molecular weight excluding hydrogens is 190 g/mol. The topological polar surface area (TPSA) is 59.6 Å². The summed E-state index contributed by atoms with van der Waals surface area (Å²) in [5.74, 6) is 0.327. The Morgan fingerprint density at radius 2 is 2.13 bits per heavy atom. The summed E-state index contributed by atoms with van der Waals surface area (Å²) >= 11 is 0. The van der Waals surface area contributed by atoms with Gasteiger partial charge in [-0.05, 0) is 12.0 Å². The quantitative estimate of drug-likeness (QED) is 0.436. The van der Waals surface area contributed by atoms with Crippen LogP contribution in [0.2, 0.25) is 0 Å². The molecule has 0 fully saturated rings. The van der Waals surface area contributed by atoms with Crippen molar-refractivity contribution in [2.75, 3.05) is 6.54 Å². The Morgan fingerprint density at radius 3 is 2.80 bits per heavy atom. The lowest BCUT2D eigenvalue weighted by Gasteiger charge is -2.05. The van der Waals surface area contributed by atoms with E-state index in [1.54, 1.807) is 0 Å². The van der Waals surface area contributed by atoms with Crippen molar-refractivity contribution in [3.63, 3.8) is 0 Å². The highest BCUT2D eigenvalue weighted by Crippen LogP contribution is 1.98. The monoisotopic (exact) mass is 207 g/mol. The van der Waals surface area contributed by atoms with E-state index in [2.05, 4.69) is 10.5 Å². The van der Waals surface area contributed by atoms with Crippen molar-refractivity contribution in [3.05, 3.63) is 35.9 Å². The van der Waals surface area contributed by atoms with Gasteiger partial charge in [-0.1, -0.05) is 37.3 Å². The number of nitrogens with one attached hydrogen (secondary N) is 1. The van der Waals surface area contributed by atoms with Crippen molar-refractivity contribution in [1.29, 1.82) is 0 Å². The standard InChI is InChI=1S/C11H17N3O/c1-2-8-13-11(12)14-15-9-10-6-4-3-5-7-10/h3-7H,2,8-9H2,1H3,(H3,12,13,14). The van der Waals surface area contributed by atoms with Crippen molar-refractivity contribution in [3.8, 4) is 0 Å². The second kappa shape index (κ2) is 6.84. The Balaban J connectivity index is 2.22. The Morgan fingerprint density at radius 1 is 1.40 bits per heavy atom. The van der Waals surface area contributed by atoms with Crippen molar-refractivity contribution < 1.29 is 4.84 Å². The van der Waals surface area contributed by atoms with E-state index in [-0.39, 0.29) is 0 Å². The van der Waals surface area contributed by atoms with Crippen molar-refractivity contribution >= 4 is 5.96 Å². The minimum Gasteiger partial charge on any atom is -0.368 e. The summed E-state index contributed by atoms with van der Waals surface area (Å²) in [7, 11) is 0. The summed E-state index contributed by atoms with van der Waals surface area (Å²) < 4.78 is 0. The van der Waals surface area contributed by atoms with E-state index in [0.29, 0.717) is 19.1 Å². The summed E-state index contributed by atoms with van der Waals surface area (Å²) in [6.45, 7) is 3.23. The third-order valence-corrected chi connectivity index (χ3v) is 1.76. The molecule has 15 heavy (non-hydrogen) atoms. The molecule has 0 amide bonds. The lowest BCUT2D eigenvalue weighted by Crippen LogP contribution is -2.31. The van der Waals surface area contributed by atoms with Gasteiger partial charge in [-0.25, -0.2) is 5.48 Å². The highest BCUT2D eigenvalue weighted by molar-refractivity contribution is 5.76. The van der Waals surface area contributed by atoms with Crippen molar-refractivity contribution in [1.82, 2.24) is 5.48 Å². The predicted molar refractivity (Wildman–Crippen MR) is 61.1 cm³/mol. The second-order valence-corrected chi connectivity index (χ2v) is 3.14. The average Bonchev–Trinajstić information content (AvgIpc) is 2.28. The van der Waals surface area contributed by atoms with E-state index in [1.165, 1.54) is 0 Å². The van der Waals surface area contributed by atoms with Gasteiger partial charge in [0.2, 0.25) is 5.96 Å². The maximum absolute atomic E-state index is 5.54. The van der Waals surface area contributed by atoms with Crippen LogP contribution in [0.25, 0.3) is 0 Å². The first-order valence-corrected chi connectivity index (χ1v) is 5.04. The van der Waals surface area contributed by atoms with Crippen LogP contribution in [0.5, 0.6) is 0 Å². The number of aliphatic imine (C=N–C) groups is 1. The van der Waals surface area contributed by atoms with Gasteiger partial charge in [0.05, 0.1) is 6.61 Å². The molecule has 0 bridgehead atoms. The number of hydrogen-bond acceptors (Lipinski definition) is 2. The molecule has 0 aliphatic carbocycles. The Labute approximate surface area is 90.1 Å². The minimum atomic E-state index is 0.327. The fraction of sp³-hybridized carbons (Fsp3) is 0.364. The summed E-state index contributed by atoms with van der Waals surface area (Å²) in [4.78, 5) is 9.20. The molecule has 3 N–H and O–H groups in total. The molecule has 4 nitrogen and oxygen atoms in total. The van der Waals surface area contributed by atoms with Gasteiger partial charge < -0.3 is 5.73 Å². The van der Waals surface area contributed by atoms with Gasteiger partial charge in [0.25, 0.3) is 0 Å². The van der Waals surface area contributed by atoms with Crippen LogP contribution in [0, 0.1) is 0 Å². The molecule has 1 rings (SSSR count). The van der Waals surface area contributed by atoms with Crippen LogP contribution in [0.4, 0.5) is 0 Å². The molecule has 0 spiro atoms. The molecule has 0 unspecified atom stereocenters. The molecule has 1 aromatic rings. The van der Waals surface area contributed by atoms with E-state index in [9.17, 15) is 0 Å². The van der Waals surface area contributed by atoms with Gasteiger partial charge in [-0.2, -0.15) is 0 Å². The smallest absolute Gasteiger partial charge is 0.213 e. The normalized spacial score (nSPS) is 11.4. The Hall–Kier alpha value is -1.55. The molecule has 0 radical (unpaired) electrons. The Kier molecular flexibility index (Phi) is 5.25. The number of nitrogens with zero attached hydrogens (tertiary/aromatic N) is 1. The molecule has 0 aliphatic heterocycles. The largest absolute Gasteiger partial charge is 0.368 e. The van der Waals surface area contributed by atoms with Crippen LogP contribution in [-0.2, 0) is 11.4 Å². The highest BCUT2D eigenvalue weighted by Gasteiger charge is 1.92. The third-order valence-electron chi connectivity index (χ3n) is 1.76. The number of rotatable bonds is 5. The first-order valence-electron chi connectivity index (χ1n) is 5.04. The first-order chi connectivity index (χ1) is 7.33. The molecule has 0 atom stereocenters. The number of hydrogen-bond donors (Lipinski definition) is 2. The van der Waals surface area contributed by atoms with Gasteiger partial charge in [-0.3, -0.25) is 9.83 Å². The number of guanidine groups is 1. The predicted octanol–water partition coefficient (Wildman–Crippen LogP) is 1.43. The fourth-order valence-electron chi connectivity index (χ4n) is 1.03. The van der Waals surface area contributed by atoms with Crippen LogP contribution in [0.3, 0.4) is 0 Å². The summed E-state index contributed by atoms with van der Waals surface area (Å²) in [5, 5.41) is 0. The molecule has 4 heteroatoms. The molecular formula is C11H17N3O. The lowest BCUT2D eigenvalue weighted by molar-refractivity contribution is 0.0702. The van der Waals surface area contributed by atoms with Crippen LogP contribution in [0.1, 0.15) is 18.9 Å². The van der Waals surface area contributed by atoms with Crippen molar-refractivity contribution in [2.24, 2.45) is 10.7 Å². The van der Waals surface area contributed by atoms with E-state index < -0.39 is 0 Å². The van der Waals surface area contributed by atoms with Gasteiger partial charge >= 0.3 is 0 Å². The lowest BCUT2D eigenvalue weighted by atomic mass is 10.2. The zero-order chi connectivity index (χ0) is 10.9. The van der Waals surface area contributed by atoms with Gasteiger partial charge in [0.1, 0.15) is 0 Å². The maximum atomic E-state index is 5.54. The zero-order valence-corrected chi connectivity index (χ0v) is 8.94. The summed E-state index contributed by atoms with van der Waals surface area (Å²) in [5.41, 5.74) is 9.22. The first kappa shape index (κ1) is 11.5. The van der Waals surface area contributed by atoms with Gasteiger partial charge in [0.15, 0.2) is 0 Å². The summed E-state index contributed by atoms with van der Waals surface area (Å²) in [6, 6.07) is 9.87. The van der Waals surface area contributed by atoms with Crippen LogP contribution < -0.4 is 11.2 Å².